The van der Waals surface area contributed by atoms with Gasteiger partial charge in [-0.1, -0.05) is 6.07 Å². The SMILES string of the molecule is Cc1sc(NC(=O)CN2C[C@@H](O)[C@H](Oc3cccc(C(=O)O)c3)C2)nc1-c1ccc(F)cc1. The number of carbonyl (C=O) groups is 2. The minimum atomic E-state index is -1.06. The lowest BCUT2D eigenvalue weighted by molar-refractivity contribution is -0.117. The van der Waals surface area contributed by atoms with Crippen molar-refractivity contribution in [1.29, 1.82) is 0 Å². The molecule has 10 heteroatoms. The topological polar surface area (TPSA) is 112 Å². The molecule has 1 saturated heterocycles. The van der Waals surface area contributed by atoms with Crippen LogP contribution in [0.3, 0.4) is 0 Å². The van der Waals surface area contributed by atoms with Crippen LogP contribution in [-0.2, 0) is 4.79 Å². The lowest BCUT2D eigenvalue weighted by Gasteiger charge is -2.17. The van der Waals surface area contributed by atoms with E-state index in [0.717, 1.165) is 10.4 Å². The van der Waals surface area contributed by atoms with Crippen LogP contribution in [0, 0.1) is 12.7 Å². The zero-order valence-corrected chi connectivity index (χ0v) is 18.5. The number of carboxylic acid groups (broad SMARTS) is 1. The second kappa shape index (κ2) is 9.65. The van der Waals surface area contributed by atoms with E-state index in [0.29, 0.717) is 23.1 Å². The molecule has 1 aliphatic rings. The number of aliphatic hydroxyl groups is 1. The van der Waals surface area contributed by atoms with E-state index < -0.39 is 18.2 Å². The van der Waals surface area contributed by atoms with Crippen molar-refractivity contribution >= 4 is 28.3 Å². The molecule has 2 atom stereocenters. The van der Waals surface area contributed by atoms with Gasteiger partial charge in [-0.2, -0.15) is 0 Å². The molecule has 2 aromatic carbocycles. The number of hydrogen-bond acceptors (Lipinski definition) is 7. The third kappa shape index (κ3) is 5.54. The summed E-state index contributed by atoms with van der Waals surface area (Å²) in [5, 5.41) is 22.7. The van der Waals surface area contributed by atoms with E-state index in [1.54, 1.807) is 29.2 Å². The second-order valence-corrected chi connectivity index (χ2v) is 8.93. The predicted molar refractivity (Wildman–Crippen MR) is 121 cm³/mol. The number of carbonyl (C=O) groups excluding carboxylic acids is 1. The van der Waals surface area contributed by atoms with Crippen molar-refractivity contribution in [2.75, 3.05) is 25.0 Å². The number of aliphatic hydroxyl groups excluding tert-OH is 1. The highest BCUT2D eigenvalue weighted by Crippen LogP contribution is 2.30. The van der Waals surface area contributed by atoms with Crippen LogP contribution in [0.2, 0.25) is 0 Å². The standard InChI is InChI=1S/C23H22FN3O5S/c1-13-21(14-5-7-16(24)8-6-14)26-23(33-13)25-20(29)12-27-10-18(28)19(11-27)32-17-4-2-3-15(9-17)22(30)31/h2-9,18-19,28H,10-12H2,1H3,(H,30,31)(H,25,26,29)/t18-,19-/m1/s1. The fourth-order valence-electron chi connectivity index (χ4n) is 3.64. The minimum Gasteiger partial charge on any atom is -0.486 e. The maximum absolute atomic E-state index is 13.2. The van der Waals surface area contributed by atoms with Crippen molar-refractivity contribution in [2.24, 2.45) is 0 Å². The highest BCUT2D eigenvalue weighted by Gasteiger charge is 2.34. The van der Waals surface area contributed by atoms with E-state index in [1.165, 1.54) is 35.6 Å². The van der Waals surface area contributed by atoms with Gasteiger partial charge in [-0.15, -0.1) is 11.3 Å². The Balaban J connectivity index is 1.34. The first-order chi connectivity index (χ1) is 15.8. The van der Waals surface area contributed by atoms with Crippen LogP contribution in [0.25, 0.3) is 11.3 Å². The van der Waals surface area contributed by atoms with Gasteiger partial charge in [-0.25, -0.2) is 14.2 Å². The molecule has 1 amide bonds. The first kappa shape index (κ1) is 22.8. The number of nitrogens with zero attached hydrogens (tertiary/aromatic N) is 2. The molecule has 3 aromatic rings. The maximum atomic E-state index is 13.2. The van der Waals surface area contributed by atoms with Crippen molar-refractivity contribution < 1.29 is 28.9 Å². The summed E-state index contributed by atoms with van der Waals surface area (Å²) in [4.78, 5) is 30.8. The lowest BCUT2D eigenvalue weighted by atomic mass is 10.1. The molecule has 0 spiro atoms. The molecule has 33 heavy (non-hydrogen) atoms. The minimum absolute atomic E-state index is 0.0383. The number of hydrogen-bond donors (Lipinski definition) is 3. The lowest BCUT2D eigenvalue weighted by Crippen LogP contribution is -2.33. The number of aromatic nitrogens is 1. The summed E-state index contributed by atoms with van der Waals surface area (Å²) in [5.41, 5.74) is 1.54. The van der Waals surface area contributed by atoms with Gasteiger partial charge in [-0.3, -0.25) is 9.69 Å². The number of aryl methyl sites for hydroxylation is 1. The number of β-amino-alcohol motifs (C(OH)–C–C–N with tert-alkyl or cyclic N) is 1. The van der Waals surface area contributed by atoms with Crippen molar-refractivity contribution in [3.8, 4) is 17.0 Å². The molecular weight excluding hydrogens is 449 g/mol. The van der Waals surface area contributed by atoms with E-state index in [1.807, 2.05) is 6.92 Å². The van der Waals surface area contributed by atoms with Crippen LogP contribution in [0.15, 0.2) is 48.5 Å². The molecule has 1 aromatic heterocycles. The van der Waals surface area contributed by atoms with E-state index in [9.17, 15) is 19.1 Å². The van der Waals surface area contributed by atoms with Crippen LogP contribution < -0.4 is 10.1 Å². The summed E-state index contributed by atoms with van der Waals surface area (Å²) >= 11 is 1.33. The number of halogens is 1. The van der Waals surface area contributed by atoms with Crippen molar-refractivity contribution in [3.05, 3.63) is 64.8 Å². The third-order valence-corrected chi connectivity index (χ3v) is 6.10. The number of aromatic carboxylic acids is 1. The molecule has 0 saturated carbocycles. The molecule has 0 unspecified atom stereocenters. The number of nitrogens with one attached hydrogen (secondary N) is 1. The van der Waals surface area contributed by atoms with Crippen LogP contribution in [-0.4, -0.2) is 63.8 Å². The van der Waals surface area contributed by atoms with Gasteiger partial charge in [-0.05, 0) is 49.4 Å². The number of benzene rings is 2. The Morgan fingerprint density at radius 2 is 2.00 bits per heavy atom. The van der Waals surface area contributed by atoms with Gasteiger partial charge in [0.15, 0.2) is 5.13 Å². The molecule has 172 valence electrons. The van der Waals surface area contributed by atoms with Gasteiger partial charge in [0.1, 0.15) is 23.8 Å². The molecule has 1 aliphatic heterocycles. The summed E-state index contributed by atoms with van der Waals surface area (Å²) in [6, 6.07) is 12.1. The Morgan fingerprint density at radius 1 is 1.24 bits per heavy atom. The van der Waals surface area contributed by atoms with Crippen molar-refractivity contribution in [2.45, 2.75) is 19.1 Å². The molecule has 3 N–H and O–H groups in total. The Morgan fingerprint density at radius 3 is 2.73 bits per heavy atom. The van der Waals surface area contributed by atoms with Gasteiger partial charge in [0.2, 0.25) is 5.91 Å². The van der Waals surface area contributed by atoms with E-state index in [2.05, 4.69) is 10.3 Å². The fourth-order valence-corrected chi connectivity index (χ4v) is 4.49. The third-order valence-electron chi connectivity index (χ3n) is 5.21. The van der Waals surface area contributed by atoms with Gasteiger partial charge < -0.3 is 20.3 Å². The monoisotopic (exact) mass is 471 g/mol. The molecule has 8 nitrogen and oxygen atoms in total. The van der Waals surface area contributed by atoms with Gasteiger partial charge in [0, 0.05) is 23.5 Å². The van der Waals surface area contributed by atoms with Crippen LogP contribution in [0.1, 0.15) is 15.2 Å². The first-order valence-electron chi connectivity index (χ1n) is 10.2. The van der Waals surface area contributed by atoms with Crippen LogP contribution >= 0.6 is 11.3 Å². The molecule has 0 bridgehead atoms. The van der Waals surface area contributed by atoms with Crippen LogP contribution in [0.4, 0.5) is 9.52 Å². The highest BCUT2D eigenvalue weighted by molar-refractivity contribution is 7.16. The first-order valence-corrected chi connectivity index (χ1v) is 11.0. The number of rotatable bonds is 7. The Kier molecular flexibility index (Phi) is 6.68. The molecule has 4 rings (SSSR count). The van der Waals surface area contributed by atoms with Gasteiger partial charge in [0.25, 0.3) is 0 Å². The zero-order chi connectivity index (χ0) is 23.5. The number of amides is 1. The summed E-state index contributed by atoms with van der Waals surface area (Å²) in [7, 11) is 0. The number of ether oxygens (including phenoxy) is 1. The van der Waals surface area contributed by atoms with E-state index in [-0.39, 0.29) is 30.4 Å². The summed E-state index contributed by atoms with van der Waals surface area (Å²) in [5.74, 6) is -1.33. The predicted octanol–water partition coefficient (Wildman–Crippen LogP) is 3.02. The molecule has 0 radical (unpaired) electrons. The Bertz CT molecular complexity index is 1170. The van der Waals surface area contributed by atoms with E-state index >= 15 is 0 Å². The maximum Gasteiger partial charge on any atom is 0.335 e. The number of carboxylic acids is 1. The average molecular weight is 472 g/mol. The summed E-state index contributed by atoms with van der Waals surface area (Å²) in [6.07, 6.45) is -1.41. The summed E-state index contributed by atoms with van der Waals surface area (Å²) < 4.78 is 18.9. The highest BCUT2D eigenvalue weighted by atomic mass is 32.1. The Hall–Kier alpha value is -3.34. The second-order valence-electron chi connectivity index (χ2n) is 7.73. The van der Waals surface area contributed by atoms with Crippen molar-refractivity contribution in [1.82, 2.24) is 9.88 Å². The van der Waals surface area contributed by atoms with E-state index in [4.69, 9.17) is 9.84 Å². The van der Waals surface area contributed by atoms with Gasteiger partial charge >= 0.3 is 5.97 Å². The largest absolute Gasteiger partial charge is 0.486 e. The molecular formula is C23H22FN3O5S. The van der Waals surface area contributed by atoms with Gasteiger partial charge in [0.05, 0.1) is 17.8 Å². The molecule has 0 aliphatic carbocycles. The smallest absolute Gasteiger partial charge is 0.335 e. The number of thiazole rings is 1. The van der Waals surface area contributed by atoms with Crippen molar-refractivity contribution in [3.63, 3.8) is 0 Å². The normalized spacial score (nSPS) is 18.3. The molecule has 2 heterocycles. The quantitative estimate of drug-likeness (QED) is 0.486. The average Bonchev–Trinajstić information content (AvgIpc) is 3.30. The fraction of sp³-hybridized carbons (Fsp3) is 0.261. The Labute approximate surface area is 193 Å². The summed E-state index contributed by atoms with van der Waals surface area (Å²) in [6.45, 7) is 2.47. The number of likely N-dealkylation sites (tertiary alicyclic amines) is 1. The van der Waals surface area contributed by atoms with Crippen LogP contribution in [0.5, 0.6) is 5.75 Å². The zero-order valence-electron chi connectivity index (χ0n) is 17.7. The number of anilines is 1. The molecule has 1 fully saturated rings.